The van der Waals surface area contributed by atoms with Crippen LogP contribution in [0.3, 0.4) is 0 Å². The van der Waals surface area contributed by atoms with Crippen LogP contribution in [-0.2, 0) is 9.53 Å². The van der Waals surface area contributed by atoms with E-state index in [0.29, 0.717) is 44.1 Å². The maximum Gasteiger partial charge on any atom is 0.228 e. The molecule has 0 radical (unpaired) electrons. The molecule has 26 heavy (non-hydrogen) atoms. The van der Waals surface area contributed by atoms with Crippen molar-refractivity contribution in [3.8, 4) is 6.07 Å². The summed E-state index contributed by atoms with van der Waals surface area (Å²) in [5.74, 6) is 0.329. The molecule has 1 unspecified atom stereocenters. The fourth-order valence-corrected chi connectivity index (χ4v) is 3.48. The number of hydrogen-bond donors (Lipinski definition) is 1. The monoisotopic (exact) mass is 358 g/mol. The first-order chi connectivity index (χ1) is 12.7. The van der Waals surface area contributed by atoms with Gasteiger partial charge in [-0.15, -0.1) is 0 Å². The number of nitrogens with one attached hydrogen (secondary N) is 1. The SMILES string of the molecule is N#Cc1ccc(NCC(C(=O)N2CCC=C(F)C2)C2CCOCC2)nc1. The summed E-state index contributed by atoms with van der Waals surface area (Å²) in [7, 11) is 0. The molecule has 1 aromatic heterocycles. The molecular formula is C19H23FN4O2. The number of rotatable bonds is 5. The number of amides is 1. The molecule has 3 rings (SSSR count). The summed E-state index contributed by atoms with van der Waals surface area (Å²) in [5.41, 5.74) is 0.489. The molecule has 1 amide bonds. The van der Waals surface area contributed by atoms with Crippen molar-refractivity contribution in [2.45, 2.75) is 19.3 Å². The Balaban J connectivity index is 1.69. The summed E-state index contributed by atoms with van der Waals surface area (Å²) in [6, 6.07) is 5.45. The summed E-state index contributed by atoms with van der Waals surface area (Å²) in [5, 5.41) is 12.1. The van der Waals surface area contributed by atoms with Gasteiger partial charge in [-0.2, -0.15) is 5.26 Å². The van der Waals surface area contributed by atoms with Crippen LogP contribution in [0.2, 0.25) is 0 Å². The van der Waals surface area contributed by atoms with E-state index in [1.54, 1.807) is 23.1 Å². The molecule has 1 saturated heterocycles. The van der Waals surface area contributed by atoms with Gasteiger partial charge in [-0.05, 0) is 43.4 Å². The van der Waals surface area contributed by atoms with E-state index in [1.165, 1.54) is 6.20 Å². The number of ether oxygens (including phenoxy) is 1. The Labute approximate surface area is 152 Å². The van der Waals surface area contributed by atoms with Crippen LogP contribution in [0.5, 0.6) is 0 Å². The second-order valence-electron chi connectivity index (χ2n) is 6.68. The summed E-state index contributed by atoms with van der Waals surface area (Å²) in [4.78, 5) is 18.9. The van der Waals surface area contributed by atoms with Crippen molar-refractivity contribution in [3.63, 3.8) is 0 Å². The maximum atomic E-state index is 13.6. The van der Waals surface area contributed by atoms with Crippen molar-refractivity contribution >= 4 is 11.7 Å². The van der Waals surface area contributed by atoms with Crippen molar-refractivity contribution in [2.75, 3.05) is 38.2 Å². The minimum Gasteiger partial charge on any atom is -0.381 e. The second-order valence-corrected chi connectivity index (χ2v) is 6.68. The fourth-order valence-electron chi connectivity index (χ4n) is 3.48. The van der Waals surface area contributed by atoms with Gasteiger partial charge in [0, 0.05) is 32.5 Å². The third-order valence-electron chi connectivity index (χ3n) is 4.97. The number of carbonyl (C=O) groups excluding carboxylic acids is 1. The number of hydrogen-bond acceptors (Lipinski definition) is 5. The zero-order chi connectivity index (χ0) is 18.4. The summed E-state index contributed by atoms with van der Waals surface area (Å²) >= 11 is 0. The number of nitrogens with zero attached hydrogens (tertiary/aromatic N) is 3. The Hall–Kier alpha value is -2.46. The minimum absolute atomic E-state index is 0.0127. The predicted molar refractivity (Wildman–Crippen MR) is 94.9 cm³/mol. The van der Waals surface area contributed by atoms with Gasteiger partial charge in [0.1, 0.15) is 17.7 Å². The normalized spacial score (nSPS) is 19.4. The van der Waals surface area contributed by atoms with Crippen molar-refractivity contribution < 1.29 is 13.9 Å². The Morgan fingerprint density at radius 3 is 2.92 bits per heavy atom. The molecular weight excluding hydrogens is 335 g/mol. The molecule has 0 aliphatic carbocycles. The molecule has 0 aromatic carbocycles. The summed E-state index contributed by atoms with van der Waals surface area (Å²) in [6.07, 6.45) is 5.25. The van der Waals surface area contributed by atoms with Gasteiger partial charge >= 0.3 is 0 Å². The Bertz CT molecular complexity index is 692. The van der Waals surface area contributed by atoms with Crippen LogP contribution in [0.1, 0.15) is 24.8 Å². The Morgan fingerprint density at radius 2 is 2.27 bits per heavy atom. The molecule has 7 heteroatoms. The first-order valence-electron chi connectivity index (χ1n) is 8.98. The zero-order valence-corrected chi connectivity index (χ0v) is 14.7. The molecule has 2 aliphatic heterocycles. The number of aromatic nitrogens is 1. The van der Waals surface area contributed by atoms with E-state index < -0.39 is 0 Å². The van der Waals surface area contributed by atoms with Crippen LogP contribution in [-0.4, -0.2) is 48.6 Å². The van der Waals surface area contributed by atoms with Gasteiger partial charge in [-0.25, -0.2) is 9.37 Å². The number of pyridine rings is 1. The van der Waals surface area contributed by atoms with E-state index in [0.717, 1.165) is 12.8 Å². The van der Waals surface area contributed by atoms with Crippen LogP contribution in [0.15, 0.2) is 30.2 Å². The molecule has 1 fully saturated rings. The third-order valence-corrected chi connectivity index (χ3v) is 4.97. The highest BCUT2D eigenvalue weighted by molar-refractivity contribution is 5.80. The van der Waals surface area contributed by atoms with Gasteiger partial charge < -0.3 is 15.0 Å². The number of nitriles is 1. The fraction of sp³-hybridized carbons (Fsp3) is 0.526. The van der Waals surface area contributed by atoms with E-state index in [1.807, 2.05) is 6.07 Å². The molecule has 1 atom stereocenters. The molecule has 6 nitrogen and oxygen atoms in total. The first-order valence-corrected chi connectivity index (χ1v) is 8.98. The molecule has 0 bridgehead atoms. The van der Waals surface area contributed by atoms with E-state index >= 15 is 0 Å². The highest BCUT2D eigenvalue weighted by atomic mass is 19.1. The molecule has 138 valence electrons. The number of carbonyl (C=O) groups is 1. The lowest BCUT2D eigenvalue weighted by atomic mass is 9.84. The smallest absolute Gasteiger partial charge is 0.228 e. The van der Waals surface area contributed by atoms with Gasteiger partial charge in [0.15, 0.2) is 0 Å². The van der Waals surface area contributed by atoms with Gasteiger partial charge in [0.25, 0.3) is 0 Å². The molecule has 3 heterocycles. The van der Waals surface area contributed by atoms with Gasteiger partial charge in [-0.3, -0.25) is 4.79 Å². The van der Waals surface area contributed by atoms with E-state index in [-0.39, 0.29) is 30.1 Å². The highest BCUT2D eigenvalue weighted by Crippen LogP contribution is 2.27. The van der Waals surface area contributed by atoms with Crippen molar-refractivity contribution in [1.29, 1.82) is 5.26 Å². The lowest BCUT2D eigenvalue weighted by Gasteiger charge is -2.34. The number of anilines is 1. The molecule has 0 saturated carbocycles. The van der Waals surface area contributed by atoms with Crippen LogP contribution >= 0.6 is 0 Å². The van der Waals surface area contributed by atoms with Crippen LogP contribution in [0.4, 0.5) is 10.2 Å². The summed E-state index contributed by atoms with van der Waals surface area (Å²) < 4.78 is 19.0. The Morgan fingerprint density at radius 1 is 1.46 bits per heavy atom. The van der Waals surface area contributed by atoms with Gasteiger partial charge in [0.2, 0.25) is 5.91 Å². The van der Waals surface area contributed by atoms with Crippen LogP contribution in [0.25, 0.3) is 0 Å². The van der Waals surface area contributed by atoms with E-state index in [2.05, 4.69) is 10.3 Å². The van der Waals surface area contributed by atoms with Gasteiger partial charge in [0.05, 0.1) is 18.0 Å². The van der Waals surface area contributed by atoms with Crippen LogP contribution < -0.4 is 5.32 Å². The second kappa shape index (κ2) is 8.77. The molecule has 1 aromatic rings. The zero-order valence-electron chi connectivity index (χ0n) is 14.7. The van der Waals surface area contributed by atoms with Crippen molar-refractivity contribution in [2.24, 2.45) is 11.8 Å². The van der Waals surface area contributed by atoms with Crippen molar-refractivity contribution in [1.82, 2.24) is 9.88 Å². The topological polar surface area (TPSA) is 78.2 Å². The Kier molecular flexibility index (Phi) is 6.18. The lowest BCUT2D eigenvalue weighted by molar-refractivity contribution is -0.138. The lowest BCUT2D eigenvalue weighted by Crippen LogP contribution is -2.45. The van der Waals surface area contributed by atoms with E-state index in [4.69, 9.17) is 10.00 Å². The van der Waals surface area contributed by atoms with Crippen molar-refractivity contribution in [3.05, 3.63) is 35.8 Å². The first kappa shape index (κ1) is 18.3. The van der Waals surface area contributed by atoms with Gasteiger partial charge in [-0.1, -0.05) is 0 Å². The standard InChI is InChI=1S/C19H23FN4O2/c20-16-2-1-7-24(13-16)19(25)17(15-5-8-26-9-6-15)12-23-18-4-3-14(10-21)11-22-18/h2-4,11,15,17H,1,5-9,12-13H2,(H,22,23). The average molecular weight is 358 g/mol. The van der Waals surface area contributed by atoms with E-state index in [9.17, 15) is 9.18 Å². The summed E-state index contributed by atoms with van der Waals surface area (Å²) in [6.45, 7) is 2.36. The molecule has 1 N–H and O–H groups in total. The largest absolute Gasteiger partial charge is 0.381 e. The highest BCUT2D eigenvalue weighted by Gasteiger charge is 2.33. The average Bonchev–Trinajstić information content (AvgIpc) is 2.69. The van der Waals surface area contributed by atoms with Crippen LogP contribution in [0, 0.1) is 23.2 Å². The third kappa shape index (κ3) is 4.58. The minimum atomic E-state index is -0.248. The quantitative estimate of drug-likeness (QED) is 0.875. The molecule has 2 aliphatic rings. The number of halogens is 1. The molecule has 0 spiro atoms. The predicted octanol–water partition coefficient (Wildman–Crippen LogP) is 2.49. The maximum absolute atomic E-state index is 13.6.